The van der Waals surface area contributed by atoms with Gasteiger partial charge < -0.3 is 5.73 Å². The zero-order chi connectivity index (χ0) is 13.9. The third-order valence-electron chi connectivity index (χ3n) is 2.85. The number of nitrogens with zero attached hydrogens (tertiary/aromatic N) is 3. The minimum Gasteiger partial charge on any atom is -0.366 e. The van der Waals surface area contributed by atoms with Crippen LogP contribution >= 0.6 is 11.6 Å². The monoisotopic (exact) mass is 282 g/mol. The van der Waals surface area contributed by atoms with E-state index in [-0.39, 0.29) is 5.95 Å². The fraction of sp³-hybridized carbons (Fsp3) is 0. The van der Waals surface area contributed by atoms with Gasteiger partial charge in [-0.2, -0.15) is 0 Å². The van der Waals surface area contributed by atoms with Crippen LogP contribution in [0.4, 0.5) is 5.95 Å². The molecule has 0 spiro atoms. The van der Waals surface area contributed by atoms with Gasteiger partial charge in [0.25, 0.3) is 0 Å². The lowest BCUT2D eigenvalue weighted by molar-refractivity contribution is 0.997. The third kappa shape index (κ3) is 2.46. The summed E-state index contributed by atoms with van der Waals surface area (Å²) in [6, 6.07) is 17.2. The van der Waals surface area contributed by atoms with Crippen LogP contribution in [0.15, 0.2) is 54.6 Å². The fourth-order valence-electron chi connectivity index (χ4n) is 1.97. The zero-order valence-electron chi connectivity index (χ0n) is 10.5. The Balaban J connectivity index is 2.22. The number of nitrogens with two attached hydrogens (primary N) is 1. The second-order valence-electron chi connectivity index (χ2n) is 4.24. The molecule has 3 rings (SSSR count). The Morgan fingerprint density at radius 3 is 2.30 bits per heavy atom. The van der Waals surface area contributed by atoms with Gasteiger partial charge in [-0.15, -0.1) is 10.2 Å². The van der Waals surface area contributed by atoms with Crippen LogP contribution in [0.25, 0.3) is 22.5 Å². The number of anilines is 1. The zero-order valence-corrected chi connectivity index (χ0v) is 11.2. The van der Waals surface area contributed by atoms with E-state index < -0.39 is 0 Å². The second-order valence-corrected chi connectivity index (χ2v) is 4.68. The lowest BCUT2D eigenvalue weighted by atomic mass is 10.0. The van der Waals surface area contributed by atoms with E-state index in [9.17, 15) is 0 Å². The van der Waals surface area contributed by atoms with Crippen molar-refractivity contribution in [3.05, 3.63) is 59.6 Å². The minimum absolute atomic E-state index is 0.148. The van der Waals surface area contributed by atoms with E-state index in [0.717, 1.165) is 11.1 Å². The van der Waals surface area contributed by atoms with Crippen molar-refractivity contribution >= 4 is 17.5 Å². The molecular weight excluding hydrogens is 272 g/mol. The molecule has 1 aromatic heterocycles. The van der Waals surface area contributed by atoms with Crippen molar-refractivity contribution in [2.75, 3.05) is 5.73 Å². The van der Waals surface area contributed by atoms with Crippen LogP contribution < -0.4 is 5.73 Å². The lowest BCUT2D eigenvalue weighted by Crippen LogP contribution is -2.02. The first-order valence-corrected chi connectivity index (χ1v) is 6.43. The molecule has 2 aromatic carbocycles. The average Bonchev–Trinajstić information content (AvgIpc) is 2.48. The molecular formula is C15H11ClN4. The van der Waals surface area contributed by atoms with E-state index in [2.05, 4.69) is 15.2 Å². The van der Waals surface area contributed by atoms with Crippen LogP contribution in [0.2, 0.25) is 5.02 Å². The van der Waals surface area contributed by atoms with Gasteiger partial charge >= 0.3 is 0 Å². The summed E-state index contributed by atoms with van der Waals surface area (Å²) in [5.41, 5.74) is 8.81. The normalized spacial score (nSPS) is 10.4. The fourth-order valence-corrected chi connectivity index (χ4v) is 2.16. The third-order valence-corrected chi connectivity index (χ3v) is 3.08. The molecule has 1 heterocycles. The quantitative estimate of drug-likeness (QED) is 0.782. The minimum atomic E-state index is 0.148. The topological polar surface area (TPSA) is 64.7 Å². The van der Waals surface area contributed by atoms with E-state index in [0.29, 0.717) is 16.4 Å². The summed E-state index contributed by atoms with van der Waals surface area (Å²) in [6.07, 6.45) is 0. The largest absolute Gasteiger partial charge is 0.366 e. The van der Waals surface area contributed by atoms with Crippen LogP contribution in [-0.2, 0) is 0 Å². The van der Waals surface area contributed by atoms with Crippen molar-refractivity contribution in [1.29, 1.82) is 0 Å². The molecule has 0 aliphatic heterocycles. The maximum Gasteiger partial charge on any atom is 0.240 e. The Morgan fingerprint density at radius 1 is 0.800 bits per heavy atom. The molecule has 0 bridgehead atoms. The highest BCUT2D eigenvalue weighted by molar-refractivity contribution is 6.30. The van der Waals surface area contributed by atoms with E-state index in [4.69, 9.17) is 17.3 Å². The van der Waals surface area contributed by atoms with Gasteiger partial charge in [0, 0.05) is 16.1 Å². The average molecular weight is 283 g/mol. The first kappa shape index (κ1) is 12.6. The van der Waals surface area contributed by atoms with E-state index >= 15 is 0 Å². The van der Waals surface area contributed by atoms with Crippen LogP contribution in [0.5, 0.6) is 0 Å². The van der Waals surface area contributed by atoms with Gasteiger partial charge in [0.2, 0.25) is 5.95 Å². The van der Waals surface area contributed by atoms with Crippen LogP contribution in [0.3, 0.4) is 0 Å². The van der Waals surface area contributed by atoms with Crippen molar-refractivity contribution < 1.29 is 0 Å². The molecule has 0 aliphatic rings. The SMILES string of the molecule is Nc1nnc(-c2cccc(Cl)c2)c(-c2ccccc2)n1. The Morgan fingerprint density at radius 2 is 1.55 bits per heavy atom. The molecule has 0 aliphatic carbocycles. The summed E-state index contributed by atoms with van der Waals surface area (Å²) in [5, 5.41) is 8.65. The van der Waals surface area contributed by atoms with Crippen molar-refractivity contribution in [1.82, 2.24) is 15.2 Å². The Labute approximate surface area is 121 Å². The van der Waals surface area contributed by atoms with E-state index in [1.54, 1.807) is 0 Å². The first-order chi connectivity index (χ1) is 9.74. The standard InChI is InChI=1S/C15H11ClN4/c16-12-8-4-7-11(9-12)14-13(18-15(17)20-19-14)10-5-2-1-3-6-10/h1-9H,(H2,17,18,20). The molecule has 20 heavy (non-hydrogen) atoms. The molecule has 5 heteroatoms. The van der Waals surface area contributed by atoms with Crippen LogP contribution in [0, 0.1) is 0 Å². The van der Waals surface area contributed by atoms with E-state index in [1.165, 1.54) is 0 Å². The Bertz CT molecular complexity index is 744. The summed E-state index contributed by atoms with van der Waals surface area (Å²) < 4.78 is 0. The molecule has 0 radical (unpaired) electrons. The highest BCUT2D eigenvalue weighted by atomic mass is 35.5. The van der Waals surface area contributed by atoms with Gasteiger partial charge in [0.1, 0.15) is 11.4 Å². The molecule has 98 valence electrons. The van der Waals surface area contributed by atoms with Crippen LogP contribution in [0.1, 0.15) is 0 Å². The van der Waals surface area contributed by atoms with Gasteiger partial charge in [-0.1, -0.05) is 54.1 Å². The number of benzene rings is 2. The van der Waals surface area contributed by atoms with Crippen molar-refractivity contribution in [3.8, 4) is 22.5 Å². The van der Waals surface area contributed by atoms with Gasteiger partial charge in [-0.05, 0) is 12.1 Å². The van der Waals surface area contributed by atoms with E-state index in [1.807, 2.05) is 54.6 Å². The maximum absolute atomic E-state index is 6.03. The molecule has 0 amide bonds. The molecule has 3 aromatic rings. The molecule has 2 N–H and O–H groups in total. The summed E-state index contributed by atoms with van der Waals surface area (Å²) >= 11 is 6.03. The van der Waals surface area contributed by atoms with Gasteiger partial charge in [-0.3, -0.25) is 0 Å². The number of aromatic nitrogens is 3. The van der Waals surface area contributed by atoms with Gasteiger partial charge in [-0.25, -0.2) is 4.98 Å². The van der Waals surface area contributed by atoms with Crippen molar-refractivity contribution in [2.45, 2.75) is 0 Å². The lowest BCUT2D eigenvalue weighted by Gasteiger charge is -2.08. The van der Waals surface area contributed by atoms with Crippen molar-refractivity contribution in [2.24, 2.45) is 0 Å². The summed E-state index contributed by atoms with van der Waals surface area (Å²) in [4.78, 5) is 4.31. The van der Waals surface area contributed by atoms with Gasteiger partial charge in [0.15, 0.2) is 0 Å². The smallest absolute Gasteiger partial charge is 0.240 e. The molecule has 0 unspecified atom stereocenters. The predicted molar refractivity (Wildman–Crippen MR) is 80.1 cm³/mol. The van der Waals surface area contributed by atoms with Gasteiger partial charge in [0.05, 0.1) is 0 Å². The van der Waals surface area contributed by atoms with Crippen molar-refractivity contribution in [3.63, 3.8) is 0 Å². The predicted octanol–water partition coefficient (Wildman–Crippen LogP) is 3.44. The summed E-state index contributed by atoms with van der Waals surface area (Å²) in [6.45, 7) is 0. The first-order valence-electron chi connectivity index (χ1n) is 6.05. The maximum atomic E-state index is 6.03. The molecule has 4 nitrogen and oxygen atoms in total. The highest BCUT2D eigenvalue weighted by Crippen LogP contribution is 2.29. The number of nitrogen functional groups attached to an aromatic ring is 1. The Hall–Kier alpha value is -2.46. The van der Waals surface area contributed by atoms with Crippen LogP contribution in [-0.4, -0.2) is 15.2 Å². The summed E-state index contributed by atoms with van der Waals surface area (Å²) in [5.74, 6) is 0.148. The highest BCUT2D eigenvalue weighted by Gasteiger charge is 2.12. The molecule has 0 atom stereocenters. The molecule has 0 saturated carbocycles. The summed E-state index contributed by atoms with van der Waals surface area (Å²) in [7, 11) is 0. The number of rotatable bonds is 2. The molecule has 0 saturated heterocycles. The number of halogens is 1. The number of hydrogen-bond acceptors (Lipinski definition) is 4. The second kappa shape index (κ2) is 5.27. The molecule has 0 fully saturated rings. The Kier molecular flexibility index (Phi) is 3.31. The number of hydrogen-bond donors (Lipinski definition) is 1.